The molecule has 0 saturated heterocycles. The smallest absolute Gasteiger partial charge is 0.323 e. The predicted octanol–water partition coefficient (Wildman–Crippen LogP) is 1.49. The summed E-state index contributed by atoms with van der Waals surface area (Å²) in [6, 6.07) is 13.9. The molecule has 0 fully saturated rings. The minimum Gasteiger partial charge on any atom is -0.370 e. The van der Waals surface area contributed by atoms with Crippen molar-refractivity contribution < 1.29 is 4.79 Å². The first-order valence-electron chi connectivity index (χ1n) is 6.46. The monoisotopic (exact) mass is 282 g/mol. The fourth-order valence-electron chi connectivity index (χ4n) is 2.25. The van der Waals surface area contributed by atoms with E-state index in [1.54, 1.807) is 18.2 Å². The van der Waals surface area contributed by atoms with Gasteiger partial charge in [-0.2, -0.15) is 0 Å². The molecule has 0 unspecified atom stereocenters. The number of imidazole rings is 1. The van der Waals surface area contributed by atoms with Gasteiger partial charge in [0.1, 0.15) is 6.04 Å². The Bertz CT molecular complexity index is 836. The second-order valence-electron chi connectivity index (χ2n) is 4.73. The lowest BCUT2D eigenvalue weighted by molar-refractivity contribution is -0.118. The van der Waals surface area contributed by atoms with Crippen molar-refractivity contribution in [3.8, 4) is 0 Å². The number of carbonyl (C=O) groups excluding carboxylic acids is 1. The van der Waals surface area contributed by atoms with Crippen molar-refractivity contribution in [1.82, 2.24) is 9.97 Å². The summed E-state index contributed by atoms with van der Waals surface area (Å²) < 4.78 is 0. The second kappa shape index (κ2) is 5.16. The maximum atomic E-state index is 11.7. The minimum absolute atomic E-state index is 0.267. The highest BCUT2D eigenvalue weighted by atomic mass is 16.1. The zero-order valence-corrected chi connectivity index (χ0v) is 11.1. The second-order valence-corrected chi connectivity index (χ2v) is 4.73. The Labute approximate surface area is 120 Å². The van der Waals surface area contributed by atoms with Crippen molar-refractivity contribution in [2.24, 2.45) is 5.73 Å². The van der Waals surface area contributed by atoms with E-state index in [0.717, 1.165) is 5.56 Å². The average Bonchev–Trinajstić information content (AvgIpc) is 2.84. The molecule has 1 atom stereocenters. The summed E-state index contributed by atoms with van der Waals surface area (Å²) in [6.07, 6.45) is 0. The lowest BCUT2D eigenvalue weighted by Gasteiger charge is -2.17. The maximum absolute atomic E-state index is 11.7. The largest absolute Gasteiger partial charge is 0.370 e. The number of nitrogens with two attached hydrogens (primary N) is 1. The van der Waals surface area contributed by atoms with Crippen LogP contribution < -0.4 is 16.7 Å². The van der Waals surface area contributed by atoms with Crippen LogP contribution in [0.25, 0.3) is 11.0 Å². The van der Waals surface area contributed by atoms with Gasteiger partial charge in [-0.25, -0.2) is 4.79 Å². The number of fused-ring (bicyclic) bond motifs is 1. The Morgan fingerprint density at radius 2 is 1.76 bits per heavy atom. The van der Waals surface area contributed by atoms with Gasteiger partial charge in [0.05, 0.1) is 11.0 Å². The first-order valence-corrected chi connectivity index (χ1v) is 6.46. The number of aromatic amines is 2. The zero-order valence-electron chi connectivity index (χ0n) is 11.1. The van der Waals surface area contributed by atoms with Crippen LogP contribution in [0.1, 0.15) is 11.6 Å². The number of carbonyl (C=O) groups is 1. The van der Waals surface area contributed by atoms with Crippen molar-refractivity contribution in [1.29, 1.82) is 0 Å². The van der Waals surface area contributed by atoms with Crippen LogP contribution >= 0.6 is 0 Å². The number of anilines is 1. The number of amides is 1. The molecular weight excluding hydrogens is 268 g/mol. The molecule has 21 heavy (non-hydrogen) atoms. The highest BCUT2D eigenvalue weighted by molar-refractivity contribution is 5.86. The molecule has 6 heteroatoms. The number of nitrogens with one attached hydrogen (secondary N) is 3. The number of benzene rings is 2. The molecule has 3 rings (SSSR count). The number of primary amides is 1. The van der Waals surface area contributed by atoms with Crippen LogP contribution in [-0.2, 0) is 4.79 Å². The molecule has 0 saturated carbocycles. The Morgan fingerprint density at radius 3 is 2.48 bits per heavy atom. The van der Waals surface area contributed by atoms with Crippen molar-refractivity contribution in [3.05, 3.63) is 64.6 Å². The number of hydrogen-bond acceptors (Lipinski definition) is 3. The summed E-state index contributed by atoms with van der Waals surface area (Å²) >= 11 is 0. The van der Waals surface area contributed by atoms with E-state index in [1.165, 1.54) is 0 Å². The van der Waals surface area contributed by atoms with Crippen LogP contribution in [0.3, 0.4) is 0 Å². The quantitative estimate of drug-likeness (QED) is 0.583. The summed E-state index contributed by atoms with van der Waals surface area (Å²) in [5.74, 6) is -0.469. The number of hydrogen-bond donors (Lipinski definition) is 4. The molecule has 0 aliphatic heterocycles. The van der Waals surface area contributed by atoms with Crippen molar-refractivity contribution in [2.45, 2.75) is 6.04 Å². The topological polar surface area (TPSA) is 104 Å². The Morgan fingerprint density at radius 1 is 1.05 bits per heavy atom. The van der Waals surface area contributed by atoms with Crippen LogP contribution in [0.4, 0.5) is 5.69 Å². The van der Waals surface area contributed by atoms with Crippen molar-refractivity contribution in [2.75, 3.05) is 5.32 Å². The van der Waals surface area contributed by atoms with E-state index in [2.05, 4.69) is 15.3 Å². The van der Waals surface area contributed by atoms with E-state index >= 15 is 0 Å². The first-order chi connectivity index (χ1) is 10.1. The van der Waals surface area contributed by atoms with E-state index in [9.17, 15) is 9.59 Å². The number of H-pyrrole nitrogens is 2. The summed E-state index contributed by atoms with van der Waals surface area (Å²) in [4.78, 5) is 28.3. The third-order valence-electron chi connectivity index (χ3n) is 3.24. The van der Waals surface area contributed by atoms with E-state index in [1.807, 2.05) is 30.3 Å². The van der Waals surface area contributed by atoms with Crippen molar-refractivity contribution in [3.63, 3.8) is 0 Å². The molecule has 0 spiro atoms. The molecule has 1 heterocycles. The Balaban J connectivity index is 1.94. The molecule has 0 aliphatic rings. The summed E-state index contributed by atoms with van der Waals surface area (Å²) in [6.45, 7) is 0. The molecule has 0 aliphatic carbocycles. The average molecular weight is 282 g/mol. The first kappa shape index (κ1) is 13.0. The molecule has 3 aromatic rings. The molecule has 106 valence electrons. The highest BCUT2D eigenvalue weighted by Crippen LogP contribution is 2.21. The van der Waals surface area contributed by atoms with Gasteiger partial charge in [-0.05, 0) is 23.8 Å². The maximum Gasteiger partial charge on any atom is 0.323 e. The molecule has 1 amide bonds. The standard InChI is InChI=1S/C15H14N4O2/c16-14(20)13(9-4-2-1-3-5-9)17-10-6-7-11-12(8-10)19-15(21)18-11/h1-8,13,17H,(H2,16,20)(H2,18,19,21)/t13-/m0/s1. The number of rotatable bonds is 4. The molecular formula is C15H14N4O2. The van der Waals surface area contributed by atoms with Gasteiger partial charge >= 0.3 is 5.69 Å². The molecule has 5 N–H and O–H groups in total. The molecule has 2 aromatic carbocycles. The zero-order chi connectivity index (χ0) is 14.8. The Kier molecular flexibility index (Phi) is 3.19. The van der Waals surface area contributed by atoms with E-state index in [4.69, 9.17) is 5.73 Å². The third-order valence-corrected chi connectivity index (χ3v) is 3.24. The lowest BCUT2D eigenvalue weighted by Crippen LogP contribution is -2.27. The van der Waals surface area contributed by atoms with Gasteiger partial charge in [0.15, 0.2) is 0 Å². The van der Waals surface area contributed by atoms with Gasteiger partial charge < -0.3 is 21.0 Å². The van der Waals surface area contributed by atoms with Gasteiger partial charge in [0.25, 0.3) is 0 Å². The molecule has 0 radical (unpaired) electrons. The van der Waals surface area contributed by atoms with Crippen LogP contribution in [0.2, 0.25) is 0 Å². The summed E-state index contributed by atoms with van der Waals surface area (Å²) in [5, 5.41) is 3.09. The van der Waals surface area contributed by atoms with Gasteiger partial charge in [0.2, 0.25) is 5.91 Å². The third kappa shape index (κ3) is 2.64. The SMILES string of the molecule is NC(=O)[C@@H](Nc1ccc2[nH]c(=O)[nH]c2c1)c1ccccc1. The number of aromatic nitrogens is 2. The van der Waals surface area contributed by atoms with E-state index < -0.39 is 11.9 Å². The van der Waals surface area contributed by atoms with Crippen LogP contribution in [0.15, 0.2) is 53.3 Å². The van der Waals surface area contributed by atoms with Crippen LogP contribution in [0, 0.1) is 0 Å². The fourth-order valence-corrected chi connectivity index (χ4v) is 2.25. The van der Waals surface area contributed by atoms with Gasteiger partial charge in [-0.3, -0.25) is 4.79 Å². The fraction of sp³-hybridized carbons (Fsp3) is 0.0667. The minimum atomic E-state index is -0.630. The predicted molar refractivity (Wildman–Crippen MR) is 80.9 cm³/mol. The van der Waals surface area contributed by atoms with Gasteiger partial charge in [-0.1, -0.05) is 30.3 Å². The van der Waals surface area contributed by atoms with Crippen LogP contribution in [-0.4, -0.2) is 15.9 Å². The lowest BCUT2D eigenvalue weighted by atomic mass is 10.1. The highest BCUT2D eigenvalue weighted by Gasteiger charge is 2.17. The van der Waals surface area contributed by atoms with E-state index in [0.29, 0.717) is 16.7 Å². The molecule has 1 aromatic heterocycles. The van der Waals surface area contributed by atoms with Crippen molar-refractivity contribution >= 4 is 22.6 Å². The normalized spacial score (nSPS) is 12.2. The van der Waals surface area contributed by atoms with Crippen LogP contribution in [0.5, 0.6) is 0 Å². The Hall–Kier alpha value is -3.02. The molecule has 6 nitrogen and oxygen atoms in total. The van der Waals surface area contributed by atoms with Gasteiger partial charge in [-0.15, -0.1) is 0 Å². The molecule has 0 bridgehead atoms. The summed E-state index contributed by atoms with van der Waals surface area (Å²) in [7, 11) is 0. The van der Waals surface area contributed by atoms with Gasteiger partial charge in [0, 0.05) is 5.69 Å². The van der Waals surface area contributed by atoms with E-state index in [-0.39, 0.29) is 5.69 Å². The summed E-state index contributed by atoms with van der Waals surface area (Å²) in [5.41, 5.74) is 8.06.